The lowest BCUT2D eigenvalue weighted by atomic mass is 10.0. The van der Waals surface area contributed by atoms with Gasteiger partial charge in [-0.15, -0.1) is 0 Å². The third-order valence-corrected chi connectivity index (χ3v) is 3.13. The van der Waals surface area contributed by atoms with Crippen molar-refractivity contribution in [3.05, 3.63) is 27.8 Å². The highest BCUT2D eigenvalue weighted by atomic mass is 127. The van der Waals surface area contributed by atoms with Crippen LogP contribution in [0.15, 0.2) is 24.3 Å². The average molecular weight is 332 g/mol. The maximum atomic E-state index is 11.8. The first-order valence-electron chi connectivity index (χ1n) is 5.31. The fraction of sp³-hybridized carbons (Fsp3) is 0.417. The summed E-state index contributed by atoms with van der Waals surface area (Å²) in [4.78, 5) is 11.8. The molecule has 0 aliphatic rings. The number of hydrogen-bond acceptors (Lipinski definition) is 2. The molecule has 0 heterocycles. The van der Waals surface area contributed by atoms with Gasteiger partial charge < -0.3 is 11.1 Å². The molecule has 1 rings (SSSR count). The van der Waals surface area contributed by atoms with Gasteiger partial charge in [-0.25, -0.2) is 0 Å². The van der Waals surface area contributed by atoms with Crippen molar-refractivity contribution in [2.45, 2.75) is 26.3 Å². The average Bonchev–Trinajstić information content (AvgIpc) is 2.20. The van der Waals surface area contributed by atoms with E-state index in [2.05, 4.69) is 41.8 Å². The van der Waals surface area contributed by atoms with E-state index in [1.54, 1.807) is 0 Å². The molecular formula is C12H17IN2O. The Labute approximate surface area is 110 Å². The second-order valence-corrected chi connectivity index (χ2v) is 5.37. The number of rotatable bonds is 4. The molecule has 3 nitrogen and oxygen atoms in total. The van der Waals surface area contributed by atoms with Crippen LogP contribution in [0.5, 0.6) is 0 Å². The molecule has 1 aromatic carbocycles. The smallest absolute Gasteiger partial charge is 0.241 e. The first-order valence-corrected chi connectivity index (χ1v) is 6.39. The summed E-state index contributed by atoms with van der Waals surface area (Å²) in [5.41, 5.74) is 6.63. The Kier molecular flexibility index (Phi) is 5.21. The van der Waals surface area contributed by atoms with E-state index in [1.807, 2.05) is 24.3 Å². The Morgan fingerprint density at radius 1 is 1.44 bits per heavy atom. The first-order chi connectivity index (χ1) is 7.50. The predicted molar refractivity (Wildman–Crippen MR) is 75.2 cm³/mol. The molecule has 0 aliphatic carbocycles. The third kappa shape index (κ3) is 4.09. The van der Waals surface area contributed by atoms with Gasteiger partial charge in [0.15, 0.2) is 0 Å². The normalized spacial score (nSPS) is 12.6. The minimum atomic E-state index is -0.434. The molecule has 0 fully saturated rings. The Bertz CT molecular complexity index is 366. The van der Waals surface area contributed by atoms with Crippen LogP contribution in [0.25, 0.3) is 0 Å². The molecular weight excluding hydrogens is 315 g/mol. The predicted octanol–water partition coefficient (Wildman–Crippen LogP) is 2.60. The lowest BCUT2D eigenvalue weighted by molar-refractivity contribution is -0.117. The van der Waals surface area contributed by atoms with E-state index in [4.69, 9.17) is 5.73 Å². The van der Waals surface area contributed by atoms with E-state index < -0.39 is 6.04 Å². The zero-order chi connectivity index (χ0) is 12.1. The van der Waals surface area contributed by atoms with Gasteiger partial charge in [-0.1, -0.05) is 26.0 Å². The summed E-state index contributed by atoms with van der Waals surface area (Å²) in [7, 11) is 0. The zero-order valence-corrected chi connectivity index (χ0v) is 11.7. The van der Waals surface area contributed by atoms with Crippen LogP contribution in [0.1, 0.15) is 20.3 Å². The Morgan fingerprint density at radius 2 is 2.06 bits per heavy atom. The number of carbonyl (C=O) groups excluding carboxylic acids is 1. The fourth-order valence-corrected chi connectivity index (χ4v) is 1.93. The van der Waals surface area contributed by atoms with Gasteiger partial charge in [-0.05, 0) is 47.1 Å². The van der Waals surface area contributed by atoms with Crippen LogP contribution in [0, 0.1) is 9.49 Å². The lowest BCUT2D eigenvalue weighted by Crippen LogP contribution is -2.36. The molecule has 0 aliphatic heterocycles. The van der Waals surface area contributed by atoms with Crippen LogP contribution in [-0.2, 0) is 4.79 Å². The Hall–Kier alpha value is -0.620. The van der Waals surface area contributed by atoms with Gasteiger partial charge in [-0.3, -0.25) is 4.79 Å². The molecule has 0 spiro atoms. The summed E-state index contributed by atoms with van der Waals surface area (Å²) in [6, 6.07) is 7.22. The number of para-hydroxylation sites is 1. The number of anilines is 1. The summed E-state index contributed by atoms with van der Waals surface area (Å²) in [5, 5.41) is 2.84. The van der Waals surface area contributed by atoms with Gasteiger partial charge in [0.2, 0.25) is 5.91 Å². The maximum absolute atomic E-state index is 11.8. The van der Waals surface area contributed by atoms with Crippen molar-refractivity contribution in [2.75, 3.05) is 5.32 Å². The third-order valence-electron chi connectivity index (χ3n) is 2.19. The molecule has 1 aromatic rings. The van der Waals surface area contributed by atoms with E-state index in [9.17, 15) is 4.79 Å². The van der Waals surface area contributed by atoms with Gasteiger partial charge in [0.1, 0.15) is 0 Å². The number of benzene rings is 1. The molecule has 0 radical (unpaired) electrons. The van der Waals surface area contributed by atoms with Crippen LogP contribution in [0.2, 0.25) is 0 Å². The van der Waals surface area contributed by atoms with Crippen molar-refractivity contribution < 1.29 is 4.79 Å². The zero-order valence-electron chi connectivity index (χ0n) is 9.53. The minimum absolute atomic E-state index is 0.113. The fourth-order valence-electron chi connectivity index (χ4n) is 1.40. The SMILES string of the molecule is CC(C)C[C@H](N)C(=O)Nc1ccccc1I. The van der Waals surface area contributed by atoms with E-state index in [1.165, 1.54) is 0 Å². The van der Waals surface area contributed by atoms with Crippen molar-refractivity contribution in [3.8, 4) is 0 Å². The number of amides is 1. The molecule has 1 atom stereocenters. The van der Waals surface area contributed by atoms with Crippen LogP contribution in [-0.4, -0.2) is 11.9 Å². The molecule has 0 saturated heterocycles. The topological polar surface area (TPSA) is 55.1 Å². The van der Waals surface area contributed by atoms with Crippen molar-refractivity contribution in [2.24, 2.45) is 11.7 Å². The summed E-state index contributed by atoms with van der Waals surface area (Å²) < 4.78 is 1.02. The monoisotopic (exact) mass is 332 g/mol. The minimum Gasteiger partial charge on any atom is -0.324 e. The molecule has 4 heteroatoms. The first kappa shape index (κ1) is 13.4. The van der Waals surface area contributed by atoms with E-state index in [0.29, 0.717) is 12.3 Å². The standard InChI is InChI=1S/C12H17IN2O/c1-8(2)7-10(14)12(16)15-11-6-4-3-5-9(11)13/h3-6,8,10H,7,14H2,1-2H3,(H,15,16)/t10-/m0/s1. The molecule has 0 bridgehead atoms. The number of hydrogen-bond donors (Lipinski definition) is 2. The maximum Gasteiger partial charge on any atom is 0.241 e. The molecule has 3 N–H and O–H groups in total. The van der Waals surface area contributed by atoms with Gasteiger partial charge in [0.05, 0.1) is 11.7 Å². The van der Waals surface area contributed by atoms with Crippen molar-refractivity contribution in [1.82, 2.24) is 0 Å². The van der Waals surface area contributed by atoms with Gasteiger partial charge in [0, 0.05) is 3.57 Å². The van der Waals surface area contributed by atoms with Crippen molar-refractivity contribution >= 4 is 34.2 Å². The summed E-state index contributed by atoms with van der Waals surface area (Å²) in [5.74, 6) is 0.313. The molecule has 0 aromatic heterocycles. The molecule has 0 unspecified atom stereocenters. The summed E-state index contributed by atoms with van der Waals surface area (Å²) >= 11 is 2.19. The second-order valence-electron chi connectivity index (χ2n) is 4.21. The van der Waals surface area contributed by atoms with Crippen LogP contribution >= 0.6 is 22.6 Å². The second kappa shape index (κ2) is 6.20. The van der Waals surface area contributed by atoms with Crippen LogP contribution in [0.3, 0.4) is 0 Å². The summed E-state index contributed by atoms with van der Waals surface area (Å²) in [6.45, 7) is 4.11. The van der Waals surface area contributed by atoms with E-state index in [0.717, 1.165) is 9.26 Å². The molecule has 1 amide bonds. The largest absolute Gasteiger partial charge is 0.324 e. The van der Waals surface area contributed by atoms with E-state index in [-0.39, 0.29) is 5.91 Å². The Morgan fingerprint density at radius 3 is 2.62 bits per heavy atom. The van der Waals surface area contributed by atoms with Crippen LogP contribution in [0.4, 0.5) is 5.69 Å². The molecule has 0 saturated carbocycles. The highest BCUT2D eigenvalue weighted by Crippen LogP contribution is 2.17. The quantitative estimate of drug-likeness (QED) is 0.833. The Balaban J connectivity index is 2.61. The molecule has 88 valence electrons. The number of nitrogens with two attached hydrogens (primary N) is 1. The van der Waals surface area contributed by atoms with E-state index >= 15 is 0 Å². The lowest BCUT2D eigenvalue weighted by Gasteiger charge is -2.14. The number of halogens is 1. The number of nitrogens with one attached hydrogen (secondary N) is 1. The van der Waals surface area contributed by atoms with Crippen molar-refractivity contribution in [3.63, 3.8) is 0 Å². The van der Waals surface area contributed by atoms with Gasteiger partial charge in [0.25, 0.3) is 0 Å². The number of carbonyl (C=O) groups is 1. The molecule has 16 heavy (non-hydrogen) atoms. The summed E-state index contributed by atoms with van der Waals surface area (Å²) in [6.07, 6.45) is 0.704. The van der Waals surface area contributed by atoms with Gasteiger partial charge >= 0.3 is 0 Å². The highest BCUT2D eigenvalue weighted by molar-refractivity contribution is 14.1. The highest BCUT2D eigenvalue weighted by Gasteiger charge is 2.15. The van der Waals surface area contributed by atoms with Crippen LogP contribution < -0.4 is 11.1 Å². The van der Waals surface area contributed by atoms with Crippen molar-refractivity contribution in [1.29, 1.82) is 0 Å². The van der Waals surface area contributed by atoms with Gasteiger partial charge in [-0.2, -0.15) is 0 Å².